The van der Waals surface area contributed by atoms with Crippen molar-refractivity contribution in [2.75, 3.05) is 49.8 Å². The second-order valence-corrected chi connectivity index (χ2v) is 11.0. The molecule has 6 N–H and O–H groups in total. The van der Waals surface area contributed by atoms with Crippen molar-refractivity contribution in [2.24, 2.45) is 5.73 Å². The molecule has 0 fully saturated rings. The highest BCUT2D eigenvalue weighted by atomic mass is 19.1. The number of aromatic nitrogens is 3. The Morgan fingerprint density at radius 1 is 1.22 bits per heavy atom. The van der Waals surface area contributed by atoms with E-state index in [2.05, 4.69) is 39.4 Å². The fourth-order valence-corrected chi connectivity index (χ4v) is 5.14. The molecule has 41 heavy (non-hydrogen) atoms. The first-order valence-electron chi connectivity index (χ1n) is 13.2. The van der Waals surface area contributed by atoms with Gasteiger partial charge in [0.2, 0.25) is 17.4 Å². The molecule has 11 nitrogen and oxygen atoms in total. The molecule has 5 rings (SSSR count). The second kappa shape index (κ2) is 10.7. The Bertz CT molecular complexity index is 1650. The molecule has 12 heteroatoms. The van der Waals surface area contributed by atoms with Gasteiger partial charge in [-0.25, -0.2) is 9.37 Å². The van der Waals surface area contributed by atoms with Crippen molar-refractivity contribution in [3.63, 3.8) is 0 Å². The average Bonchev–Trinajstić information content (AvgIpc) is 3.37. The molecule has 0 bridgehead atoms. The van der Waals surface area contributed by atoms with Crippen LogP contribution in [0, 0.1) is 5.82 Å². The molecular formula is C29H34FN8O3+. The quantitative estimate of drug-likeness (QED) is 0.257. The molecule has 0 unspecified atom stereocenters. The van der Waals surface area contributed by atoms with Gasteiger partial charge in [-0.3, -0.25) is 19.9 Å². The molecule has 2 aromatic carbocycles. The summed E-state index contributed by atoms with van der Waals surface area (Å²) in [5.74, 6) is -0.352. The Kier molecular flexibility index (Phi) is 7.26. The monoisotopic (exact) mass is 561 g/mol. The van der Waals surface area contributed by atoms with Crippen molar-refractivity contribution in [2.45, 2.75) is 25.7 Å². The van der Waals surface area contributed by atoms with E-state index in [4.69, 9.17) is 10.5 Å². The van der Waals surface area contributed by atoms with Crippen LogP contribution in [0.5, 0.6) is 5.75 Å². The maximum atomic E-state index is 14.4. The van der Waals surface area contributed by atoms with Crippen LogP contribution in [0.15, 0.2) is 42.6 Å². The molecule has 0 saturated heterocycles. The molecule has 2 amide bonds. The van der Waals surface area contributed by atoms with E-state index in [-0.39, 0.29) is 29.1 Å². The van der Waals surface area contributed by atoms with E-state index in [1.807, 2.05) is 36.0 Å². The molecule has 1 aliphatic rings. The highest BCUT2D eigenvalue weighted by Gasteiger charge is 2.35. The molecule has 3 heterocycles. The van der Waals surface area contributed by atoms with Gasteiger partial charge in [-0.1, -0.05) is 24.9 Å². The predicted molar refractivity (Wildman–Crippen MR) is 156 cm³/mol. The number of carbonyl (C=O) groups excluding carboxylic acids is 2. The second-order valence-electron chi connectivity index (χ2n) is 11.0. The number of benzene rings is 2. The molecule has 214 valence electrons. The molecule has 4 aromatic rings. The third kappa shape index (κ3) is 5.38. The average molecular weight is 562 g/mol. The number of H-pyrrole nitrogens is 2. The minimum absolute atomic E-state index is 0.00666. The van der Waals surface area contributed by atoms with Crippen LogP contribution in [0.4, 0.5) is 33.2 Å². The lowest BCUT2D eigenvalue weighted by Gasteiger charge is -2.40. The van der Waals surface area contributed by atoms with Gasteiger partial charge >= 0.3 is 5.95 Å². The highest BCUT2D eigenvalue weighted by molar-refractivity contribution is 6.01. The highest BCUT2D eigenvalue weighted by Crippen LogP contribution is 2.45. The van der Waals surface area contributed by atoms with Crippen LogP contribution < -0.4 is 31.0 Å². The number of hydrogen-bond donors (Lipinski definition) is 4. The standard InChI is InChI=1S/C29H33FN8O3/c1-29(2)10-12-38(23(39)15-37(3)4)21-14-20(22(41-5)13-17(21)29)34-28-35-26-16(9-11-32-26)27(36-28)33-19-8-6-7-18(30)24(19)25(31)40/h6-9,11,13-14H,10,12,15H2,1-5H3,(H2,31,40)(H3,32,33,34,35,36)/p+1. The summed E-state index contributed by atoms with van der Waals surface area (Å²) in [6.45, 7) is 5.20. The number of amides is 2. The first-order valence-corrected chi connectivity index (χ1v) is 13.2. The lowest BCUT2D eigenvalue weighted by atomic mass is 9.77. The molecule has 0 aliphatic carbocycles. The van der Waals surface area contributed by atoms with E-state index in [0.29, 0.717) is 40.8 Å². The number of primary amides is 1. The number of nitrogens with two attached hydrogens (primary N) is 1. The zero-order chi connectivity index (χ0) is 29.5. The number of ether oxygens (including phenoxy) is 1. The SMILES string of the molecule is COc1cc2c(cc1Nc1nc(Nc3cccc(F)c3C(N)=O)c3cc[nH]c3[nH+]1)N(C(=O)CN(C)C)CCC2(C)C. The van der Waals surface area contributed by atoms with Crippen molar-refractivity contribution in [1.82, 2.24) is 14.9 Å². The molecule has 0 spiro atoms. The summed E-state index contributed by atoms with van der Waals surface area (Å²) in [5, 5.41) is 7.03. The third-order valence-corrected chi connectivity index (χ3v) is 7.29. The number of nitrogens with one attached hydrogen (secondary N) is 4. The van der Waals surface area contributed by atoms with Gasteiger partial charge in [0.25, 0.3) is 5.91 Å². The van der Waals surface area contributed by atoms with Gasteiger partial charge in [0.15, 0.2) is 5.75 Å². The summed E-state index contributed by atoms with van der Waals surface area (Å²) in [7, 11) is 5.33. The Morgan fingerprint density at radius 2 is 2.00 bits per heavy atom. The van der Waals surface area contributed by atoms with Gasteiger partial charge in [-0.05, 0) is 55.8 Å². The summed E-state index contributed by atoms with van der Waals surface area (Å²) in [5.41, 5.74) is 8.26. The van der Waals surface area contributed by atoms with Crippen molar-refractivity contribution in [3.8, 4) is 5.75 Å². The number of methoxy groups -OCH3 is 1. The Morgan fingerprint density at radius 3 is 2.71 bits per heavy atom. The van der Waals surface area contributed by atoms with Gasteiger partial charge in [-0.2, -0.15) is 0 Å². The Labute approximate surface area is 236 Å². The number of carbonyl (C=O) groups is 2. The fourth-order valence-electron chi connectivity index (χ4n) is 5.14. The van der Waals surface area contributed by atoms with Crippen LogP contribution >= 0.6 is 0 Å². The zero-order valence-corrected chi connectivity index (χ0v) is 23.7. The summed E-state index contributed by atoms with van der Waals surface area (Å²) in [6, 6.07) is 9.87. The van der Waals surface area contributed by atoms with E-state index in [9.17, 15) is 14.0 Å². The number of halogens is 1. The van der Waals surface area contributed by atoms with E-state index in [1.54, 1.807) is 25.4 Å². The van der Waals surface area contributed by atoms with Crippen molar-refractivity contribution in [3.05, 3.63) is 59.5 Å². The number of anilines is 5. The fraction of sp³-hybridized carbons (Fsp3) is 0.310. The van der Waals surface area contributed by atoms with Gasteiger partial charge < -0.3 is 25.6 Å². The number of likely N-dealkylation sites (N-methyl/N-ethyl adjacent to an activating group) is 1. The Balaban J connectivity index is 1.57. The van der Waals surface area contributed by atoms with Gasteiger partial charge in [0, 0.05) is 18.8 Å². The van der Waals surface area contributed by atoms with Crippen LogP contribution in [0.25, 0.3) is 11.0 Å². The molecular weight excluding hydrogens is 527 g/mol. The lowest BCUT2D eigenvalue weighted by Crippen LogP contribution is -2.44. The minimum Gasteiger partial charge on any atom is -0.493 e. The van der Waals surface area contributed by atoms with Crippen molar-refractivity contribution in [1.29, 1.82) is 0 Å². The van der Waals surface area contributed by atoms with Crippen LogP contribution in [-0.2, 0) is 10.2 Å². The minimum atomic E-state index is -0.896. The van der Waals surface area contributed by atoms with Gasteiger partial charge in [0.05, 0.1) is 36.0 Å². The summed E-state index contributed by atoms with van der Waals surface area (Å²) in [6.07, 6.45) is 2.55. The normalized spacial score (nSPS) is 14.2. The van der Waals surface area contributed by atoms with Crippen molar-refractivity contribution < 1.29 is 23.7 Å². The van der Waals surface area contributed by atoms with Gasteiger partial charge in [-0.15, -0.1) is 0 Å². The van der Waals surface area contributed by atoms with E-state index in [0.717, 1.165) is 17.7 Å². The van der Waals surface area contributed by atoms with E-state index >= 15 is 0 Å². The molecule has 1 aliphatic heterocycles. The zero-order valence-electron chi connectivity index (χ0n) is 23.7. The number of fused-ring (bicyclic) bond motifs is 2. The Hall–Kier alpha value is -4.71. The molecule has 0 saturated carbocycles. The largest absolute Gasteiger partial charge is 0.493 e. The predicted octanol–water partition coefficient (Wildman–Crippen LogP) is 3.69. The first kappa shape index (κ1) is 27.8. The topological polar surface area (TPSA) is 143 Å². The number of hydrogen-bond acceptors (Lipinski definition) is 7. The summed E-state index contributed by atoms with van der Waals surface area (Å²) < 4.78 is 20.2. The van der Waals surface area contributed by atoms with E-state index < -0.39 is 11.7 Å². The molecule has 2 aromatic heterocycles. The van der Waals surface area contributed by atoms with Crippen molar-refractivity contribution >= 4 is 51.7 Å². The van der Waals surface area contributed by atoms with Crippen LogP contribution in [-0.4, -0.2) is 61.0 Å². The summed E-state index contributed by atoms with van der Waals surface area (Å²) in [4.78, 5) is 39.8. The van der Waals surface area contributed by atoms with E-state index in [1.165, 1.54) is 12.1 Å². The first-order chi connectivity index (χ1) is 19.5. The van der Waals surface area contributed by atoms with Crippen LogP contribution in [0.2, 0.25) is 0 Å². The van der Waals surface area contributed by atoms with Crippen LogP contribution in [0.3, 0.4) is 0 Å². The van der Waals surface area contributed by atoms with Gasteiger partial charge in [0.1, 0.15) is 11.5 Å². The lowest BCUT2D eigenvalue weighted by molar-refractivity contribution is -0.333. The molecule has 0 atom stereocenters. The molecule has 0 radical (unpaired) electrons. The third-order valence-electron chi connectivity index (χ3n) is 7.29. The number of nitrogens with zero attached hydrogens (tertiary/aromatic N) is 3. The summed E-state index contributed by atoms with van der Waals surface area (Å²) >= 11 is 0. The maximum Gasteiger partial charge on any atom is 0.351 e. The smallest absolute Gasteiger partial charge is 0.351 e. The maximum absolute atomic E-state index is 14.4. The number of rotatable bonds is 8. The number of aromatic amines is 2. The van der Waals surface area contributed by atoms with Crippen LogP contribution in [0.1, 0.15) is 36.2 Å².